The number of nitrogens with zero attached hydrogens (tertiary/aromatic N) is 4. The zero-order valence-corrected chi connectivity index (χ0v) is 15.8. The molecule has 0 saturated carbocycles. The summed E-state index contributed by atoms with van der Waals surface area (Å²) in [6.45, 7) is 0.146. The van der Waals surface area contributed by atoms with E-state index in [1.165, 1.54) is 16.1 Å². The van der Waals surface area contributed by atoms with E-state index in [1.807, 2.05) is 12.1 Å². The summed E-state index contributed by atoms with van der Waals surface area (Å²) in [5, 5.41) is 7.17. The lowest BCUT2D eigenvalue weighted by atomic mass is 9.99. The highest BCUT2D eigenvalue weighted by Gasteiger charge is 2.37. The maximum absolute atomic E-state index is 13.3. The standard InChI is InChI=1S/C18H14BrF3N4O/c1-24-16-4-2-3-14(18(20,21)22)13(16)7-8-26(24)17(27)15-9-12-6-5-11(19)10-25(12)23-15/h2-6,9-10H,7-8H2,1H3. The van der Waals surface area contributed by atoms with Crippen molar-refractivity contribution in [1.82, 2.24) is 14.6 Å². The van der Waals surface area contributed by atoms with Gasteiger partial charge in [0, 0.05) is 24.3 Å². The van der Waals surface area contributed by atoms with Crippen LogP contribution in [0.1, 0.15) is 21.6 Å². The second-order valence-corrected chi connectivity index (χ2v) is 7.16. The van der Waals surface area contributed by atoms with Gasteiger partial charge in [0.15, 0.2) is 5.69 Å². The van der Waals surface area contributed by atoms with E-state index in [0.29, 0.717) is 5.69 Å². The van der Waals surface area contributed by atoms with Crippen LogP contribution < -0.4 is 5.01 Å². The van der Waals surface area contributed by atoms with Gasteiger partial charge in [-0.3, -0.25) is 9.80 Å². The Kier molecular flexibility index (Phi) is 4.14. The van der Waals surface area contributed by atoms with Crippen LogP contribution in [0, 0.1) is 0 Å². The van der Waals surface area contributed by atoms with Gasteiger partial charge in [-0.15, -0.1) is 0 Å². The molecule has 0 N–H and O–H groups in total. The summed E-state index contributed by atoms with van der Waals surface area (Å²) in [5.74, 6) is -0.361. The fourth-order valence-corrected chi connectivity index (χ4v) is 3.67. The largest absolute Gasteiger partial charge is 0.416 e. The van der Waals surface area contributed by atoms with E-state index in [0.717, 1.165) is 16.1 Å². The van der Waals surface area contributed by atoms with Gasteiger partial charge >= 0.3 is 6.18 Å². The molecule has 1 aliphatic rings. The van der Waals surface area contributed by atoms with Crippen LogP contribution in [0.4, 0.5) is 18.9 Å². The zero-order valence-electron chi connectivity index (χ0n) is 14.2. The molecular weight excluding hydrogens is 425 g/mol. The van der Waals surface area contributed by atoms with Gasteiger partial charge in [-0.2, -0.15) is 18.3 Å². The molecule has 9 heteroatoms. The number of anilines is 1. The molecule has 4 rings (SSSR count). The molecule has 0 bridgehead atoms. The number of halogens is 4. The van der Waals surface area contributed by atoms with Crippen molar-refractivity contribution in [1.29, 1.82) is 0 Å². The van der Waals surface area contributed by atoms with Crippen molar-refractivity contribution < 1.29 is 18.0 Å². The van der Waals surface area contributed by atoms with Gasteiger partial charge in [0.25, 0.3) is 5.91 Å². The van der Waals surface area contributed by atoms with Crippen molar-refractivity contribution in [2.75, 3.05) is 18.6 Å². The minimum atomic E-state index is -4.42. The molecule has 0 spiro atoms. The first kappa shape index (κ1) is 17.8. The van der Waals surface area contributed by atoms with Crippen molar-refractivity contribution in [2.45, 2.75) is 12.6 Å². The summed E-state index contributed by atoms with van der Waals surface area (Å²) < 4.78 is 42.2. The Bertz CT molecular complexity index is 1050. The molecular formula is C18H14BrF3N4O. The summed E-state index contributed by atoms with van der Waals surface area (Å²) in [6, 6.07) is 9.33. The highest BCUT2D eigenvalue weighted by atomic mass is 79.9. The number of amides is 1. The number of hydrazine groups is 1. The Hall–Kier alpha value is -2.55. The number of fused-ring (bicyclic) bond motifs is 2. The lowest BCUT2D eigenvalue weighted by Gasteiger charge is -2.39. The average molecular weight is 439 g/mol. The third-order valence-electron chi connectivity index (χ3n) is 4.62. The first-order valence-corrected chi connectivity index (χ1v) is 8.94. The Morgan fingerprint density at radius 1 is 1.22 bits per heavy atom. The van der Waals surface area contributed by atoms with Crippen LogP contribution in [-0.4, -0.2) is 34.1 Å². The predicted molar refractivity (Wildman–Crippen MR) is 97.5 cm³/mol. The van der Waals surface area contributed by atoms with Crippen molar-refractivity contribution >= 4 is 33.0 Å². The minimum Gasteiger partial charge on any atom is -0.285 e. The van der Waals surface area contributed by atoms with E-state index in [4.69, 9.17) is 0 Å². The van der Waals surface area contributed by atoms with Crippen LogP contribution >= 0.6 is 15.9 Å². The van der Waals surface area contributed by atoms with E-state index >= 15 is 0 Å². The van der Waals surface area contributed by atoms with Gasteiger partial charge in [-0.1, -0.05) is 6.07 Å². The quantitative estimate of drug-likeness (QED) is 0.572. The summed E-state index contributed by atoms with van der Waals surface area (Å²) in [7, 11) is 1.59. The normalized spacial score (nSPS) is 14.6. The van der Waals surface area contributed by atoms with E-state index in [9.17, 15) is 18.0 Å². The first-order valence-electron chi connectivity index (χ1n) is 8.15. The number of benzene rings is 1. The van der Waals surface area contributed by atoms with E-state index in [1.54, 1.807) is 29.9 Å². The molecule has 140 valence electrons. The molecule has 27 heavy (non-hydrogen) atoms. The molecule has 1 aliphatic heterocycles. The zero-order chi connectivity index (χ0) is 19.3. The fraction of sp³-hybridized carbons (Fsp3) is 0.222. The second-order valence-electron chi connectivity index (χ2n) is 6.25. The molecule has 0 atom stereocenters. The fourth-order valence-electron chi connectivity index (χ4n) is 3.34. The monoisotopic (exact) mass is 438 g/mol. The van der Waals surface area contributed by atoms with E-state index < -0.39 is 11.7 Å². The van der Waals surface area contributed by atoms with Crippen molar-refractivity contribution in [2.24, 2.45) is 0 Å². The predicted octanol–water partition coefficient (Wildman–Crippen LogP) is 4.17. The Morgan fingerprint density at radius 2 is 2.00 bits per heavy atom. The number of hydrogen-bond donors (Lipinski definition) is 0. The number of hydrogen-bond acceptors (Lipinski definition) is 3. The van der Waals surface area contributed by atoms with Gasteiger partial charge in [0.1, 0.15) is 0 Å². The van der Waals surface area contributed by atoms with Crippen LogP contribution in [0.25, 0.3) is 5.52 Å². The lowest BCUT2D eigenvalue weighted by Crippen LogP contribution is -2.49. The first-order chi connectivity index (χ1) is 12.8. The molecule has 0 radical (unpaired) electrons. The third kappa shape index (κ3) is 3.05. The third-order valence-corrected chi connectivity index (χ3v) is 5.09. The van der Waals surface area contributed by atoms with Crippen LogP contribution in [0.5, 0.6) is 0 Å². The molecule has 0 saturated heterocycles. The summed E-state index contributed by atoms with van der Waals surface area (Å²) >= 11 is 3.35. The molecule has 0 aliphatic carbocycles. The molecule has 0 fully saturated rings. The Labute approximate surface area is 161 Å². The molecule has 0 unspecified atom stereocenters. The molecule has 1 amide bonds. The Morgan fingerprint density at radius 3 is 2.74 bits per heavy atom. The molecule has 2 aromatic heterocycles. The maximum Gasteiger partial charge on any atom is 0.416 e. The van der Waals surface area contributed by atoms with Gasteiger partial charge in [-0.25, -0.2) is 9.52 Å². The van der Waals surface area contributed by atoms with Gasteiger partial charge in [0.2, 0.25) is 0 Å². The summed E-state index contributed by atoms with van der Waals surface area (Å²) in [4.78, 5) is 12.9. The van der Waals surface area contributed by atoms with E-state index in [2.05, 4.69) is 21.0 Å². The van der Waals surface area contributed by atoms with Crippen LogP contribution in [0.2, 0.25) is 0 Å². The highest BCUT2D eigenvalue weighted by molar-refractivity contribution is 9.10. The van der Waals surface area contributed by atoms with Gasteiger partial charge < -0.3 is 0 Å². The minimum absolute atomic E-state index is 0.125. The number of aromatic nitrogens is 2. The molecule has 1 aromatic carbocycles. The van der Waals surface area contributed by atoms with Gasteiger partial charge in [0.05, 0.1) is 16.8 Å². The SMILES string of the molecule is CN1c2cccc(C(F)(F)F)c2CCN1C(=O)c1cc2ccc(Br)cn2n1. The number of carbonyl (C=O) groups is 1. The van der Waals surface area contributed by atoms with Crippen molar-refractivity contribution in [3.8, 4) is 0 Å². The van der Waals surface area contributed by atoms with Crippen LogP contribution in [0.3, 0.4) is 0 Å². The number of carbonyl (C=O) groups excluding carboxylic acids is 1. The smallest absolute Gasteiger partial charge is 0.285 e. The van der Waals surface area contributed by atoms with Gasteiger partial charge in [-0.05, 0) is 58.2 Å². The molecule has 3 heterocycles. The number of alkyl halides is 3. The van der Waals surface area contributed by atoms with Crippen LogP contribution in [-0.2, 0) is 12.6 Å². The Balaban J connectivity index is 1.68. The average Bonchev–Trinajstić information content (AvgIpc) is 3.03. The van der Waals surface area contributed by atoms with Crippen LogP contribution in [0.15, 0.2) is 47.1 Å². The highest BCUT2D eigenvalue weighted by Crippen LogP contribution is 2.38. The van der Waals surface area contributed by atoms with Crippen molar-refractivity contribution in [3.05, 3.63) is 63.9 Å². The summed E-state index contributed by atoms with van der Waals surface area (Å²) in [5.41, 5.74) is 0.902. The lowest BCUT2D eigenvalue weighted by molar-refractivity contribution is -0.138. The summed E-state index contributed by atoms with van der Waals surface area (Å²) in [6.07, 6.45) is -2.57. The number of rotatable bonds is 1. The topological polar surface area (TPSA) is 40.9 Å². The maximum atomic E-state index is 13.3. The second kappa shape index (κ2) is 6.26. The number of pyridine rings is 1. The van der Waals surface area contributed by atoms with E-state index in [-0.39, 0.29) is 30.1 Å². The van der Waals surface area contributed by atoms with Crippen molar-refractivity contribution in [3.63, 3.8) is 0 Å². The molecule has 3 aromatic rings. The molecule has 5 nitrogen and oxygen atoms in total.